The van der Waals surface area contributed by atoms with Crippen molar-refractivity contribution in [2.75, 3.05) is 6.61 Å². The van der Waals surface area contributed by atoms with Crippen LogP contribution in [0.25, 0.3) is 0 Å². The van der Waals surface area contributed by atoms with Crippen LogP contribution >= 0.6 is 0 Å². The highest BCUT2D eigenvalue weighted by molar-refractivity contribution is 5.83. The molecule has 1 heterocycles. The molecular formula is C20H23NO3. The highest BCUT2D eigenvalue weighted by atomic mass is 16.5. The molecule has 2 atom stereocenters. The molecule has 0 bridgehead atoms. The van der Waals surface area contributed by atoms with Gasteiger partial charge in [-0.15, -0.1) is 0 Å². The van der Waals surface area contributed by atoms with Gasteiger partial charge in [-0.1, -0.05) is 44.2 Å². The van der Waals surface area contributed by atoms with Crippen LogP contribution in [0.5, 0.6) is 11.5 Å². The lowest BCUT2D eigenvalue weighted by molar-refractivity contribution is -0.128. The average molecular weight is 325 g/mol. The Kier molecular flexibility index (Phi) is 5.04. The number of carbonyl (C=O) groups excluding carboxylic acids is 1. The fourth-order valence-corrected chi connectivity index (χ4v) is 2.86. The minimum atomic E-state index is -0.463. The quantitative estimate of drug-likeness (QED) is 0.882. The predicted molar refractivity (Wildman–Crippen MR) is 93.3 cm³/mol. The summed E-state index contributed by atoms with van der Waals surface area (Å²) >= 11 is 0. The lowest BCUT2D eigenvalue weighted by Crippen LogP contribution is -2.38. The van der Waals surface area contributed by atoms with Crippen molar-refractivity contribution >= 4 is 5.91 Å². The highest BCUT2D eigenvalue weighted by Gasteiger charge is 2.35. The Labute approximate surface area is 142 Å². The summed E-state index contributed by atoms with van der Waals surface area (Å²) < 4.78 is 11.4. The number of fused-ring (bicyclic) bond motifs is 1. The van der Waals surface area contributed by atoms with E-state index in [-0.39, 0.29) is 11.8 Å². The van der Waals surface area contributed by atoms with Crippen LogP contribution in [-0.4, -0.2) is 18.6 Å². The molecule has 126 valence electrons. The van der Waals surface area contributed by atoms with Gasteiger partial charge in [-0.25, -0.2) is 0 Å². The molecule has 2 aromatic carbocycles. The molecule has 2 aromatic rings. The largest absolute Gasteiger partial charge is 0.494 e. The van der Waals surface area contributed by atoms with Gasteiger partial charge in [-0.05, 0) is 30.2 Å². The average Bonchev–Trinajstić information content (AvgIpc) is 2.96. The molecule has 1 amide bonds. The van der Waals surface area contributed by atoms with Crippen molar-refractivity contribution in [3.63, 3.8) is 0 Å². The smallest absolute Gasteiger partial charge is 0.261 e. The Balaban J connectivity index is 1.55. The van der Waals surface area contributed by atoms with Gasteiger partial charge in [0.25, 0.3) is 5.91 Å². The molecule has 4 nitrogen and oxygen atoms in total. The molecule has 0 radical (unpaired) electrons. The summed E-state index contributed by atoms with van der Waals surface area (Å²) in [7, 11) is 0. The van der Waals surface area contributed by atoms with E-state index in [1.54, 1.807) is 0 Å². The predicted octanol–water partition coefficient (Wildman–Crippen LogP) is 3.66. The van der Waals surface area contributed by atoms with Crippen LogP contribution in [0.15, 0.2) is 48.5 Å². The zero-order valence-electron chi connectivity index (χ0n) is 14.1. The van der Waals surface area contributed by atoms with Crippen LogP contribution in [0.1, 0.15) is 37.3 Å². The monoisotopic (exact) mass is 325 g/mol. The molecular weight excluding hydrogens is 302 g/mol. The van der Waals surface area contributed by atoms with Crippen molar-refractivity contribution in [3.8, 4) is 11.5 Å². The molecule has 0 aliphatic carbocycles. The molecule has 1 aliphatic heterocycles. The van der Waals surface area contributed by atoms with Gasteiger partial charge in [-0.2, -0.15) is 0 Å². The maximum atomic E-state index is 12.4. The number of hydrogen-bond acceptors (Lipinski definition) is 3. The van der Waals surface area contributed by atoms with Crippen molar-refractivity contribution in [1.29, 1.82) is 0 Å². The van der Waals surface area contributed by atoms with Gasteiger partial charge >= 0.3 is 0 Å². The number of rotatable bonds is 6. The summed E-state index contributed by atoms with van der Waals surface area (Å²) in [5.41, 5.74) is 2.13. The summed E-state index contributed by atoms with van der Waals surface area (Å²) in [4.78, 5) is 12.4. The van der Waals surface area contributed by atoms with Crippen molar-refractivity contribution in [2.45, 2.75) is 38.8 Å². The van der Waals surface area contributed by atoms with Crippen LogP contribution < -0.4 is 14.8 Å². The zero-order valence-corrected chi connectivity index (χ0v) is 14.1. The van der Waals surface area contributed by atoms with Gasteiger partial charge in [-0.3, -0.25) is 4.79 Å². The van der Waals surface area contributed by atoms with Gasteiger partial charge in [0.15, 0.2) is 6.10 Å². The van der Waals surface area contributed by atoms with Crippen molar-refractivity contribution in [1.82, 2.24) is 5.32 Å². The molecule has 3 rings (SSSR count). The van der Waals surface area contributed by atoms with Crippen molar-refractivity contribution in [2.24, 2.45) is 0 Å². The van der Waals surface area contributed by atoms with E-state index >= 15 is 0 Å². The van der Waals surface area contributed by atoms with Crippen LogP contribution in [0.2, 0.25) is 0 Å². The second-order valence-electron chi connectivity index (χ2n) is 6.08. The third kappa shape index (κ3) is 3.53. The van der Waals surface area contributed by atoms with Gasteiger partial charge in [0, 0.05) is 18.0 Å². The van der Waals surface area contributed by atoms with Gasteiger partial charge < -0.3 is 14.8 Å². The number of amides is 1. The lowest BCUT2D eigenvalue weighted by Gasteiger charge is -2.15. The summed E-state index contributed by atoms with van der Waals surface area (Å²) in [6, 6.07) is 15.6. The van der Waals surface area contributed by atoms with Crippen molar-refractivity contribution < 1.29 is 14.3 Å². The number of benzene rings is 2. The Bertz CT molecular complexity index is 696. The summed E-state index contributed by atoms with van der Waals surface area (Å²) in [5.74, 6) is 1.65. The summed E-state index contributed by atoms with van der Waals surface area (Å²) in [5, 5.41) is 2.96. The third-order valence-electron chi connectivity index (χ3n) is 4.24. The first-order valence-corrected chi connectivity index (χ1v) is 8.44. The van der Waals surface area contributed by atoms with E-state index in [1.807, 2.05) is 55.5 Å². The van der Waals surface area contributed by atoms with Crippen LogP contribution in [0, 0.1) is 0 Å². The second-order valence-corrected chi connectivity index (χ2v) is 6.08. The third-order valence-corrected chi connectivity index (χ3v) is 4.24. The van der Waals surface area contributed by atoms with Crippen LogP contribution in [-0.2, 0) is 11.3 Å². The number of nitrogens with one attached hydrogen (secondary N) is 1. The number of para-hydroxylation sites is 1. The normalized spacial score (nSPS) is 18.6. The first-order chi connectivity index (χ1) is 11.7. The number of ether oxygens (including phenoxy) is 2. The molecule has 0 fully saturated rings. The van der Waals surface area contributed by atoms with E-state index in [1.165, 1.54) is 0 Å². The molecule has 24 heavy (non-hydrogen) atoms. The van der Waals surface area contributed by atoms with Crippen molar-refractivity contribution in [3.05, 3.63) is 59.7 Å². The van der Waals surface area contributed by atoms with E-state index in [0.717, 1.165) is 29.0 Å². The molecule has 0 saturated carbocycles. The fraction of sp³-hybridized carbons (Fsp3) is 0.350. The van der Waals surface area contributed by atoms with Gasteiger partial charge in [0.1, 0.15) is 11.5 Å². The minimum absolute atomic E-state index is 0.0611. The Morgan fingerprint density at radius 2 is 1.92 bits per heavy atom. The summed E-state index contributed by atoms with van der Waals surface area (Å²) in [6.45, 7) is 5.30. The van der Waals surface area contributed by atoms with E-state index < -0.39 is 6.10 Å². The molecule has 4 heteroatoms. The molecule has 0 aromatic heterocycles. The van der Waals surface area contributed by atoms with Gasteiger partial charge in [0.05, 0.1) is 6.61 Å². The zero-order chi connectivity index (χ0) is 16.9. The number of hydrogen-bond donors (Lipinski definition) is 1. The molecule has 1 N–H and O–H groups in total. The standard InChI is InChI=1S/C20H23NO3/c1-3-12-23-16-10-8-15(9-11-16)13-21-20(22)19-14(2)17-6-4-5-7-18(17)24-19/h4-11,14,19H,3,12-13H2,1-2H3,(H,21,22). The highest BCUT2D eigenvalue weighted by Crippen LogP contribution is 2.37. The van der Waals surface area contributed by atoms with E-state index in [9.17, 15) is 4.79 Å². The fourth-order valence-electron chi connectivity index (χ4n) is 2.86. The van der Waals surface area contributed by atoms with Crippen LogP contribution in [0.3, 0.4) is 0 Å². The molecule has 0 spiro atoms. The summed E-state index contributed by atoms with van der Waals surface area (Å²) in [6.07, 6.45) is 0.523. The second kappa shape index (κ2) is 7.39. The van der Waals surface area contributed by atoms with E-state index in [4.69, 9.17) is 9.47 Å². The van der Waals surface area contributed by atoms with E-state index in [0.29, 0.717) is 13.2 Å². The van der Waals surface area contributed by atoms with E-state index in [2.05, 4.69) is 12.2 Å². The van der Waals surface area contributed by atoms with Gasteiger partial charge in [0.2, 0.25) is 0 Å². The number of carbonyl (C=O) groups is 1. The van der Waals surface area contributed by atoms with Crippen LogP contribution in [0.4, 0.5) is 0 Å². The molecule has 2 unspecified atom stereocenters. The minimum Gasteiger partial charge on any atom is -0.494 e. The SMILES string of the molecule is CCCOc1ccc(CNC(=O)C2Oc3ccccc3C2C)cc1. The Hall–Kier alpha value is -2.49. The Morgan fingerprint density at radius 3 is 2.62 bits per heavy atom. The topological polar surface area (TPSA) is 47.6 Å². The first-order valence-electron chi connectivity index (χ1n) is 8.44. The Morgan fingerprint density at radius 1 is 1.17 bits per heavy atom. The maximum absolute atomic E-state index is 12.4. The lowest BCUT2D eigenvalue weighted by atomic mass is 9.97. The molecule has 1 aliphatic rings. The first kappa shape index (κ1) is 16.4. The molecule has 0 saturated heterocycles. The maximum Gasteiger partial charge on any atom is 0.261 e.